The molecule has 1 saturated heterocycles. The van der Waals surface area contributed by atoms with Gasteiger partial charge in [-0.3, -0.25) is 9.48 Å². The molecule has 1 amide bonds. The van der Waals surface area contributed by atoms with Crippen molar-refractivity contribution in [1.82, 2.24) is 24.8 Å². The predicted molar refractivity (Wildman–Crippen MR) is 97.6 cm³/mol. The number of hydrogen-bond donors (Lipinski definition) is 0. The Labute approximate surface area is 164 Å². The van der Waals surface area contributed by atoms with Crippen LogP contribution in [-0.4, -0.2) is 50.5 Å². The summed E-state index contributed by atoms with van der Waals surface area (Å²) in [6, 6.07) is 4.27. The third-order valence-corrected chi connectivity index (χ3v) is 4.63. The zero-order valence-corrected chi connectivity index (χ0v) is 15.8. The van der Waals surface area contributed by atoms with Gasteiger partial charge in [-0.1, -0.05) is 28.4 Å². The summed E-state index contributed by atoms with van der Waals surface area (Å²) in [4.78, 5) is 19.1. The summed E-state index contributed by atoms with van der Waals surface area (Å²) in [6.07, 6.45) is 3.40. The minimum Gasteiger partial charge on any atom is -0.377 e. The molecular weight excluding hydrogens is 393 g/mol. The number of nitrogens with zero attached hydrogens (tertiary/aromatic N) is 5. The normalized spacial score (nSPS) is 17.3. The minimum atomic E-state index is -0.474. The van der Waals surface area contributed by atoms with E-state index in [0.717, 1.165) is 0 Å². The summed E-state index contributed by atoms with van der Waals surface area (Å²) in [5.41, 5.74) is 1.10. The predicted octanol–water partition coefficient (Wildman–Crippen LogP) is 2.99. The molecule has 2 aromatic heterocycles. The van der Waals surface area contributed by atoms with Crippen molar-refractivity contribution in [3.8, 4) is 11.5 Å². The van der Waals surface area contributed by atoms with Crippen molar-refractivity contribution in [1.29, 1.82) is 0 Å². The van der Waals surface area contributed by atoms with Gasteiger partial charge in [-0.2, -0.15) is 10.1 Å². The lowest BCUT2D eigenvalue weighted by Gasteiger charge is -2.33. The largest absolute Gasteiger partial charge is 0.377 e. The summed E-state index contributed by atoms with van der Waals surface area (Å²) >= 11 is 12.1. The molecule has 27 heavy (non-hydrogen) atoms. The average molecular weight is 408 g/mol. The molecule has 10 heteroatoms. The number of carbonyl (C=O) groups is 1. The molecule has 1 fully saturated rings. The maximum atomic E-state index is 13.0. The number of halogens is 2. The average Bonchev–Trinajstić information content (AvgIpc) is 3.29. The van der Waals surface area contributed by atoms with Crippen LogP contribution in [0.1, 0.15) is 22.2 Å². The van der Waals surface area contributed by atoms with E-state index in [-0.39, 0.29) is 12.5 Å². The second-order valence-corrected chi connectivity index (χ2v) is 6.98. The molecule has 0 radical (unpaired) electrons. The van der Waals surface area contributed by atoms with E-state index in [1.165, 1.54) is 0 Å². The Balaban J connectivity index is 1.63. The van der Waals surface area contributed by atoms with Crippen LogP contribution in [0, 0.1) is 0 Å². The zero-order valence-electron chi connectivity index (χ0n) is 14.3. The van der Waals surface area contributed by atoms with Crippen LogP contribution in [0.3, 0.4) is 0 Å². The van der Waals surface area contributed by atoms with Crippen molar-refractivity contribution < 1.29 is 14.1 Å². The Hall–Kier alpha value is -2.42. The molecule has 4 rings (SSSR count). The van der Waals surface area contributed by atoms with Gasteiger partial charge < -0.3 is 14.2 Å². The first-order valence-corrected chi connectivity index (χ1v) is 8.94. The Bertz CT molecular complexity index is 966. The topological polar surface area (TPSA) is 86.3 Å². The van der Waals surface area contributed by atoms with Crippen LogP contribution in [0.4, 0.5) is 0 Å². The van der Waals surface area contributed by atoms with E-state index in [1.807, 2.05) is 0 Å². The first kappa shape index (κ1) is 18.0. The van der Waals surface area contributed by atoms with Crippen LogP contribution >= 0.6 is 23.2 Å². The number of carbonyl (C=O) groups excluding carboxylic acids is 1. The van der Waals surface area contributed by atoms with Crippen molar-refractivity contribution in [2.45, 2.75) is 6.04 Å². The molecule has 0 saturated carbocycles. The van der Waals surface area contributed by atoms with Gasteiger partial charge in [0.2, 0.25) is 0 Å². The smallest absolute Gasteiger partial charge is 0.261 e. The molecule has 0 bridgehead atoms. The summed E-state index contributed by atoms with van der Waals surface area (Å²) in [5, 5.41) is 8.92. The Morgan fingerprint density at radius 3 is 2.74 bits per heavy atom. The van der Waals surface area contributed by atoms with E-state index in [4.69, 9.17) is 32.5 Å². The molecule has 1 aliphatic rings. The maximum absolute atomic E-state index is 13.0. The van der Waals surface area contributed by atoms with Crippen LogP contribution in [0.25, 0.3) is 11.5 Å². The number of morpholine rings is 1. The summed E-state index contributed by atoms with van der Waals surface area (Å²) in [6.45, 7) is 1.08. The number of rotatable bonds is 3. The molecule has 0 spiro atoms. The second-order valence-electron chi connectivity index (χ2n) is 6.11. The highest BCUT2D eigenvalue weighted by Gasteiger charge is 2.33. The monoisotopic (exact) mass is 407 g/mol. The van der Waals surface area contributed by atoms with E-state index >= 15 is 0 Å². The summed E-state index contributed by atoms with van der Waals surface area (Å²) in [5.74, 6) is 0.484. The number of aryl methyl sites for hydroxylation is 1. The highest BCUT2D eigenvalue weighted by Crippen LogP contribution is 2.28. The highest BCUT2D eigenvalue weighted by atomic mass is 35.5. The van der Waals surface area contributed by atoms with Crippen molar-refractivity contribution in [3.05, 3.63) is 52.0 Å². The fraction of sp³-hybridized carbons (Fsp3) is 0.294. The molecule has 0 aliphatic carbocycles. The summed E-state index contributed by atoms with van der Waals surface area (Å²) < 4.78 is 12.5. The minimum absolute atomic E-state index is 0.222. The summed E-state index contributed by atoms with van der Waals surface area (Å²) in [7, 11) is 1.80. The molecule has 1 atom stereocenters. The molecule has 8 nitrogen and oxygen atoms in total. The van der Waals surface area contributed by atoms with E-state index in [0.29, 0.717) is 46.0 Å². The van der Waals surface area contributed by atoms with Crippen molar-refractivity contribution in [2.75, 3.05) is 19.8 Å². The van der Waals surface area contributed by atoms with Crippen LogP contribution in [0.5, 0.6) is 0 Å². The third kappa shape index (κ3) is 3.69. The molecule has 1 aromatic carbocycles. The van der Waals surface area contributed by atoms with Gasteiger partial charge in [0, 0.05) is 35.4 Å². The maximum Gasteiger partial charge on any atom is 0.261 e. The molecular formula is C17H15Cl2N5O3. The van der Waals surface area contributed by atoms with Crippen molar-refractivity contribution >= 4 is 29.1 Å². The third-order valence-electron chi connectivity index (χ3n) is 4.19. The van der Waals surface area contributed by atoms with Gasteiger partial charge in [-0.15, -0.1) is 0 Å². The van der Waals surface area contributed by atoms with Crippen LogP contribution in [0.2, 0.25) is 10.0 Å². The number of hydrogen-bond acceptors (Lipinski definition) is 6. The Morgan fingerprint density at radius 1 is 1.26 bits per heavy atom. The van der Waals surface area contributed by atoms with Gasteiger partial charge in [-0.25, -0.2) is 0 Å². The second kappa shape index (κ2) is 7.30. The van der Waals surface area contributed by atoms with Crippen molar-refractivity contribution in [3.63, 3.8) is 0 Å². The first-order valence-electron chi connectivity index (χ1n) is 8.18. The van der Waals surface area contributed by atoms with Crippen LogP contribution < -0.4 is 0 Å². The molecule has 3 aromatic rings. The molecule has 140 valence electrons. The van der Waals surface area contributed by atoms with Gasteiger partial charge in [0.15, 0.2) is 5.82 Å². The lowest BCUT2D eigenvalue weighted by atomic mass is 10.1. The van der Waals surface area contributed by atoms with E-state index in [1.54, 1.807) is 47.2 Å². The fourth-order valence-electron chi connectivity index (χ4n) is 2.92. The molecule has 0 N–H and O–H groups in total. The number of amides is 1. The van der Waals surface area contributed by atoms with E-state index < -0.39 is 6.04 Å². The lowest BCUT2D eigenvalue weighted by molar-refractivity contribution is -0.00576. The molecule has 1 aliphatic heterocycles. The van der Waals surface area contributed by atoms with Gasteiger partial charge in [0.05, 0.1) is 25.0 Å². The van der Waals surface area contributed by atoms with Crippen LogP contribution in [-0.2, 0) is 11.8 Å². The van der Waals surface area contributed by atoms with Gasteiger partial charge >= 0.3 is 0 Å². The highest BCUT2D eigenvalue weighted by molar-refractivity contribution is 6.35. The Morgan fingerprint density at radius 2 is 2.04 bits per heavy atom. The Kier molecular flexibility index (Phi) is 4.86. The number of benzene rings is 1. The lowest BCUT2D eigenvalue weighted by Crippen LogP contribution is -2.43. The molecule has 1 unspecified atom stereocenters. The quantitative estimate of drug-likeness (QED) is 0.663. The first-order chi connectivity index (χ1) is 13.0. The van der Waals surface area contributed by atoms with E-state index in [9.17, 15) is 4.79 Å². The fourth-order valence-corrected chi connectivity index (χ4v) is 3.45. The SMILES string of the molecule is Cn1cc(-c2nc(C3COCCN3C(=O)c3cc(Cl)cc(Cl)c3)no2)cn1. The van der Waals surface area contributed by atoms with Gasteiger partial charge in [0.1, 0.15) is 6.04 Å². The number of ether oxygens (including phenoxy) is 1. The number of aromatic nitrogens is 4. The van der Waals surface area contributed by atoms with Gasteiger partial charge in [0.25, 0.3) is 11.8 Å². The van der Waals surface area contributed by atoms with Crippen LogP contribution in [0.15, 0.2) is 35.1 Å². The standard InChI is InChI=1S/C17H15Cl2N5O3/c1-23-8-11(7-20-23)16-21-15(22-27-16)14-9-26-3-2-24(14)17(25)10-4-12(18)6-13(19)5-10/h4-8,14H,2-3,9H2,1H3. The van der Waals surface area contributed by atoms with Gasteiger partial charge in [-0.05, 0) is 18.2 Å². The zero-order chi connectivity index (χ0) is 19.0. The van der Waals surface area contributed by atoms with E-state index in [2.05, 4.69) is 15.2 Å². The van der Waals surface area contributed by atoms with Crippen molar-refractivity contribution in [2.24, 2.45) is 7.05 Å². The molecule has 3 heterocycles.